The van der Waals surface area contributed by atoms with Gasteiger partial charge in [0.2, 0.25) is 0 Å². The van der Waals surface area contributed by atoms with Gasteiger partial charge in [-0.2, -0.15) is 0 Å². The van der Waals surface area contributed by atoms with Crippen molar-refractivity contribution in [1.29, 1.82) is 0 Å². The number of piperazine rings is 1. The third-order valence-electron chi connectivity index (χ3n) is 3.60. The second-order valence-corrected chi connectivity index (χ2v) is 5.99. The Kier molecular flexibility index (Phi) is 5.04. The lowest BCUT2D eigenvalue weighted by Crippen LogP contribution is -2.43. The van der Waals surface area contributed by atoms with Gasteiger partial charge in [0, 0.05) is 46.9 Å². The summed E-state index contributed by atoms with van der Waals surface area (Å²) in [6, 6.07) is 2.21. The summed E-state index contributed by atoms with van der Waals surface area (Å²) in [5.74, 6) is 0. The number of hydrogen-bond donors (Lipinski definition) is 1. The van der Waals surface area contributed by atoms with Crippen molar-refractivity contribution in [2.45, 2.75) is 20.4 Å². The topological polar surface area (TPSA) is 64.0 Å². The summed E-state index contributed by atoms with van der Waals surface area (Å²) in [4.78, 5) is 5.39. The van der Waals surface area contributed by atoms with Gasteiger partial charge in [-0.05, 0) is 64.7 Å². The van der Waals surface area contributed by atoms with E-state index in [-0.39, 0.29) is 0 Å². The van der Waals surface area contributed by atoms with Crippen molar-refractivity contribution in [2.24, 2.45) is 5.11 Å². The molecule has 0 spiro atoms. The van der Waals surface area contributed by atoms with Crippen LogP contribution in [0.1, 0.15) is 16.7 Å². The second-order valence-electron chi connectivity index (χ2n) is 4.83. The van der Waals surface area contributed by atoms with Crippen molar-refractivity contribution in [1.82, 2.24) is 10.2 Å². The van der Waals surface area contributed by atoms with Gasteiger partial charge in [0.25, 0.3) is 0 Å². The van der Waals surface area contributed by atoms with Crippen LogP contribution in [0.4, 0.5) is 5.69 Å². The lowest BCUT2D eigenvalue weighted by Gasteiger charge is -2.28. The van der Waals surface area contributed by atoms with E-state index in [4.69, 9.17) is 5.53 Å². The van der Waals surface area contributed by atoms with Crippen LogP contribution in [0.25, 0.3) is 10.4 Å². The molecule has 0 radical (unpaired) electrons. The smallest absolute Gasteiger partial charge is 0.0447 e. The monoisotopic (exact) mass is 371 g/mol. The fourth-order valence-electron chi connectivity index (χ4n) is 2.39. The van der Waals surface area contributed by atoms with Crippen LogP contribution in [0.2, 0.25) is 0 Å². The van der Waals surface area contributed by atoms with Crippen LogP contribution < -0.4 is 5.32 Å². The predicted octanol–water partition coefficient (Wildman–Crippen LogP) is 3.26. The van der Waals surface area contributed by atoms with Crippen LogP contribution in [0.3, 0.4) is 0 Å². The maximum Gasteiger partial charge on any atom is 0.0447 e. The van der Waals surface area contributed by atoms with Crippen molar-refractivity contribution in [3.63, 3.8) is 0 Å². The molecule has 0 saturated carbocycles. The molecule has 5 nitrogen and oxygen atoms in total. The first-order chi connectivity index (χ1) is 9.13. The number of benzene rings is 1. The van der Waals surface area contributed by atoms with E-state index in [0.29, 0.717) is 0 Å². The van der Waals surface area contributed by atoms with Gasteiger partial charge in [0.15, 0.2) is 0 Å². The zero-order chi connectivity index (χ0) is 13.8. The summed E-state index contributed by atoms with van der Waals surface area (Å²) < 4.78 is 1.16. The predicted molar refractivity (Wildman–Crippen MR) is 85.6 cm³/mol. The first kappa shape index (κ1) is 14.6. The highest BCUT2D eigenvalue weighted by Gasteiger charge is 2.14. The molecule has 1 fully saturated rings. The molecule has 0 aromatic heterocycles. The number of rotatable bonds is 3. The Morgan fingerprint density at radius 3 is 2.68 bits per heavy atom. The molecule has 0 bridgehead atoms. The molecule has 0 unspecified atom stereocenters. The zero-order valence-corrected chi connectivity index (χ0v) is 13.4. The highest BCUT2D eigenvalue weighted by atomic mass is 127. The van der Waals surface area contributed by atoms with Gasteiger partial charge in [-0.3, -0.25) is 4.90 Å². The van der Waals surface area contributed by atoms with E-state index in [2.05, 4.69) is 48.9 Å². The van der Waals surface area contributed by atoms with Crippen LogP contribution in [-0.2, 0) is 6.54 Å². The van der Waals surface area contributed by atoms with E-state index in [0.717, 1.165) is 53.1 Å². The van der Waals surface area contributed by atoms with Gasteiger partial charge in [0.05, 0.1) is 0 Å². The fourth-order valence-corrected chi connectivity index (χ4v) is 3.02. The minimum atomic E-state index is 0.791. The van der Waals surface area contributed by atoms with E-state index < -0.39 is 0 Å². The van der Waals surface area contributed by atoms with Crippen molar-refractivity contribution >= 4 is 28.3 Å². The SMILES string of the molecule is Cc1c(I)cc(CN2CCNCC2)c(C)c1N=[N+]=[N-]. The minimum Gasteiger partial charge on any atom is -0.314 e. The summed E-state index contributed by atoms with van der Waals surface area (Å²) in [5, 5.41) is 7.22. The lowest BCUT2D eigenvalue weighted by molar-refractivity contribution is 0.233. The van der Waals surface area contributed by atoms with E-state index in [1.54, 1.807) is 0 Å². The molecule has 1 aliphatic heterocycles. The minimum absolute atomic E-state index is 0.791. The van der Waals surface area contributed by atoms with Crippen LogP contribution in [0, 0.1) is 17.4 Å². The Labute approximate surface area is 127 Å². The van der Waals surface area contributed by atoms with E-state index >= 15 is 0 Å². The normalized spacial score (nSPS) is 16.2. The van der Waals surface area contributed by atoms with Crippen LogP contribution in [0.15, 0.2) is 11.2 Å². The molecule has 0 amide bonds. The quantitative estimate of drug-likeness (QED) is 0.384. The summed E-state index contributed by atoms with van der Waals surface area (Å²) in [6.07, 6.45) is 0. The van der Waals surface area contributed by atoms with Gasteiger partial charge in [-0.15, -0.1) is 0 Å². The van der Waals surface area contributed by atoms with Crippen molar-refractivity contribution < 1.29 is 0 Å². The Hall–Kier alpha value is -0.820. The highest BCUT2D eigenvalue weighted by molar-refractivity contribution is 14.1. The van der Waals surface area contributed by atoms with Crippen LogP contribution in [-0.4, -0.2) is 31.1 Å². The standard InChI is InChI=1S/C13H18IN5/c1-9-11(8-19-5-3-16-4-6-19)7-12(14)10(2)13(9)17-18-15/h7,16H,3-6,8H2,1-2H3. The summed E-state index contributed by atoms with van der Waals surface area (Å²) in [5.41, 5.74) is 12.9. The van der Waals surface area contributed by atoms with Crippen molar-refractivity contribution in [2.75, 3.05) is 26.2 Å². The lowest BCUT2D eigenvalue weighted by atomic mass is 10.0. The summed E-state index contributed by atoms with van der Waals surface area (Å²) >= 11 is 2.31. The molecule has 1 aromatic rings. The zero-order valence-electron chi connectivity index (χ0n) is 11.3. The molecule has 6 heteroatoms. The third kappa shape index (κ3) is 3.39. The number of hydrogen-bond acceptors (Lipinski definition) is 3. The van der Waals surface area contributed by atoms with E-state index in [1.165, 1.54) is 5.56 Å². The Balaban J connectivity index is 2.32. The molecule has 1 N–H and O–H groups in total. The number of azide groups is 1. The van der Waals surface area contributed by atoms with E-state index in [1.807, 2.05) is 13.8 Å². The first-order valence-electron chi connectivity index (χ1n) is 6.40. The van der Waals surface area contributed by atoms with Gasteiger partial charge in [-0.1, -0.05) is 5.11 Å². The molecule has 1 aromatic carbocycles. The Morgan fingerprint density at radius 1 is 1.37 bits per heavy atom. The third-order valence-corrected chi connectivity index (χ3v) is 4.72. The second kappa shape index (κ2) is 6.56. The van der Waals surface area contributed by atoms with Crippen LogP contribution >= 0.6 is 22.6 Å². The van der Waals surface area contributed by atoms with Crippen molar-refractivity contribution in [3.05, 3.63) is 36.8 Å². The molecule has 19 heavy (non-hydrogen) atoms. The Morgan fingerprint density at radius 2 is 2.05 bits per heavy atom. The number of nitrogens with one attached hydrogen (secondary N) is 1. The molecular formula is C13H18IN5. The Bertz CT molecular complexity index is 516. The average Bonchev–Trinajstić information content (AvgIpc) is 2.42. The molecule has 1 aliphatic rings. The first-order valence-corrected chi connectivity index (χ1v) is 7.48. The summed E-state index contributed by atoms with van der Waals surface area (Å²) in [7, 11) is 0. The van der Waals surface area contributed by atoms with Gasteiger partial charge < -0.3 is 5.32 Å². The maximum atomic E-state index is 8.71. The molecule has 102 valence electrons. The van der Waals surface area contributed by atoms with Gasteiger partial charge >= 0.3 is 0 Å². The molecule has 0 aliphatic carbocycles. The highest BCUT2D eigenvalue weighted by Crippen LogP contribution is 2.31. The fraction of sp³-hybridized carbons (Fsp3) is 0.538. The van der Waals surface area contributed by atoms with Crippen molar-refractivity contribution in [3.8, 4) is 0 Å². The molecule has 2 rings (SSSR count). The van der Waals surface area contributed by atoms with Gasteiger partial charge in [-0.25, -0.2) is 0 Å². The number of halogens is 1. The number of nitrogens with zero attached hydrogens (tertiary/aromatic N) is 4. The molecule has 0 atom stereocenters. The largest absolute Gasteiger partial charge is 0.314 e. The molecule has 1 saturated heterocycles. The maximum absolute atomic E-state index is 8.71. The average molecular weight is 371 g/mol. The van der Waals surface area contributed by atoms with Gasteiger partial charge in [0.1, 0.15) is 0 Å². The summed E-state index contributed by atoms with van der Waals surface area (Å²) in [6.45, 7) is 9.22. The van der Waals surface area contributed by atoms with E-state index in [9.17, 15) is 0 Å². The molecule has 1 heterocycles. The molecular weight excluding hydrogens is 353 g/mol. The van der Waals surface area contributed by atoms with Crippen LogP contribution in [0.5, 0.6) is 0 Å².